The summed E-state index contributed by atoms with van der Waals surface area (Å²) in [5, 5.41) is 2.96. The van der Waals surface area contributed by atoms with Gasteiger partial charge in [0.1, 0.15) is 11.5 Å². The van der Waals surface area contributed by atoms with Gasteiger partial charge in [0.05, 0.1) is 16.9 Å². The third-order valence-corrected chi connectivity index (χ3v) is 3.19. The maximum Gasteiger partial charge on any atom is 0.433 e. The molecule has 0 aliphatic heterocycles. The van der Waals surface area contributed by atoms with Gasteiger partial charge in [-0.05, 0) is 36.8 Å². The number of pyridine rings is 1. The minimum atomic E-state index is -4.47. The lowest BCUT2D eigenvalue weighted by atomic mass is 10.1. The number of aromatic nitrogens is 1. The summed E-state index contributed by atoms with van der Waals surface area (Å²) in [5.41, 5.74) is 0.0703. The topological polar surface area (TPSA) is 24.9 Å². The third kappa shape index (κ3) is 3.85. The van der Waals surface area contributed by atoms with Crippen LogP contribution in [0.15, 0.2) is 36.5 Å². The Morgan fingerprint density at radius 2 is 1.90 bits per heavy atom. The maximum atomic E-state index is 13.4. The van der Waals surface area contributed by atoms with Crippen molar-refractivity contribution < 1.29 is 17.6 Å². The van der Waals surface area contributed by atoms with Gasteiger partial charge in [-0.1, -0.05) is 17.7 Å². The van der Waals surface area contributed by atoms with Gasteiger partial charge in [0.15, 0.2) is 0 Å². The van der Waals surface area contributed by atoms with Gasteiger partial charge in [-0.25, -0.2) is 9.37 Å². The lowest BCUT2D eigenvalue weighted by Gasteiger charge is -2.16. The SMILES string of the molecule is CC(Nc1ccc(C(F)(F)F)nc1)c1ccc(Cl)c(F)c1. The van der Waals surface area contributed by atoms with Crippen LogP contribution < -0.4 is 5.32 Å². The van der Waals surface area contributed by atoms with Crippen LogP contribution >= 0.6 is 11.6 Å². The molecule has 0 fully saturated rings. The average Bonchev–Trinajstić information content (AvgIpc) is 2.41. The predicted molar refractivity (Wildman–Crippen MR) is 72.7 cm³/mol. The standard InChI is InChI=1S/C14H11ClF4N2/c1-8(9-2-4-11(15)12(16)6-9)21-10-3-5-13(20-7-10)14(17,18)19/h2-8,21H,1H3. The van der Waals surface area contributed by atoms with Crippen LogP contribution in [0, 0.1) is 5.82 Å². The van der Waals surface area contributed by atoms with E-state index in [0.717, 1.165) is 12.3 Å². The van der Waals surface area contributed by atoms with Crippen LogP contribution in [0.4, 0.5) is 23.2 Å². The normalized spacial score (nSPS) is 13.0. The van der Waals surface area contributed by atoms with Crippen molar-refractivity contribution in [3.63, 3.8) is 0 Å². The van der Waals surface area contributed by atoms with Crippen LogP contribution in [0.3, 0.4) is 0 Å². The highest BCUT2D eigenvalue weighted by molar-refractivity contribution is 6.30. The monoisotopic (exact) mass is 318 g/mol. The number of rotatable bonds is 3. The first-order valence-electron chi connectivity index (χ1n) is 6.02. The fraction of sp³-hybridized carbons (Fsp3) is 0.214. The van der Waals surface area contributed by atoms with Crippen molar-refractivity contribution in [1.82, 2.24) is 4.98 Å². The van der Waals surface area contributed by atoms with Crippen molar-refractivity contribution in [2.24, 2.45) is 0 Å². The first-order valence-corrected chi connectivity index (χ1v) is 6.40. The molecular weight excluding hydrogens is 308 g/mol. The van der Waals surface area contributed by atoms with E-state index in [1.54, 1.807) is 13.0 Å². The molecule has 21 heavy (non-hydrogen) atoms. The summed E-state index contributed by atoms with van der Waals surface area (Å²) >= 11 is 5.59. The Balaban J connectivity index is 2.12. The Kier molecular flexibility index (Phi) is 4.37. The van der Waals surface area contributed by atoms with Gasteiger partial charge in [0.25, 0.3) is 0 Å². The zero-order valence-corrected chi connectivity index (χ0v) is 11.6. The molecule has 0 aliphatic rings. The van der Waals surface area contributed by atoms with E-state index in [0.29, 0.717) is 11.3 Å². The van der Waals surface area contributed by atoms with Gasteiger partial charge >= 0.3 is 6.18 Å². The van der Waals surface area contributed by atoms with Crippen LogP contribution in [0.5, 0.6) is 0 Å². The predicted octanol–water partition coefficient (Wildman–Crippen LogP) is 5.07. The van der Waals surface area contributed by atoms with Crippen LogP contribution in [0.2, 0.25) is 5.02 Å². The Morgan fingerprint density at radius 3 is 2.43 bits per heavy atom. The fourth-order valence-electron chi connectivity index (χ4n) is 1.76. The fourth-order valence-corrected chi connectivity index (χ4v) is 1.88. The van der Waals surface area contributed by atoms with E-state index >= 15 is 0 Å². The molecule has 2 aromatic rings. The molecular formula is C14H11ClF4N2. The number of nitrogens with one attached hydrogen (secondary N) is 1. The molecule has 0 saturated carbocycles. The van der Waals surface area contributed by atoms with Gasteiger partial charge in [-0.2, -0.15) is 13.2 Å². The molecule has 0 bridgehead atoms. The number of halogens is 5. The van der Waals surface area contributed by atoms with E-state index in [9.17, 15) is 17.6 Å². The molecule has 0 amide bonds. The molecule has 2 nitrogen and oxygen atoms in total. The summed E-state index contributed by atoms with van der Waals surface area (Å²) in [5.74, 6) is -0.548. The van der Waals surface area contributed by atoms with Crippen LogP contribution in [0.1, 0.15) is 24.2 Å². The van der Waals surface area contributed by atoms with Gasteiger partial charge < -0.3 is 5.32 Å². The lowest BCUT2D eigenvalue weighted by Crippen LogP contribution is -2.10. The first-order chi connectivity index (χ1) is 9.77. The number of alkyl halides is 3. The van der Waals surface area contributed by atoms with Gasteiger partial charge in [0.2, 0.25) is 0 Å². The molecule has 1 aromatic heterocycles. The molecule has 1 atom stereocenters. The van der Waals surface area contributed by atoms with Gasteiger partial charge in [0, 0.05) is 6.04 Å². The summed E-state index contributed by atoms with van der Waals surface area (Å²) in [4.78, 5) is 3.35. The van der Waals surface area contributed by atoms with E-state index in [1.807, 2.05) is 0 Å². The highest BCUT2D eigenvalue weighted by Gasteiger charge is 2.32. The molecule has 1 unspecified atom stereocenters. The van der Waals surface area contributed by atoms with E-state index in [-0.39, 0.29) is 11.1 Å². The second-order valence-electron chi connectivity index (χ2n) is 4.47. The Hall–Kier alpha value is -1.82. The minimum absolute atomic E-state index is 0.0159. The zero-order valence-electron chi connectivity index (χ0n) is 10.9. The highest BCUT2D eigenvalue weighted by Crippen LogP contribution is 2.28. The number of benzene rings is 1. The van der Waals surface area contributed by atoms with Crippen molar-refractivity contribution in [3.8, 4) is 0 Å². The van der Waals surface area contributed by atoms with E-state index < -0.39 is 17.7 Å². The molecule has 0 aliphatic carbocycles. The van der Waals surface area contributed by atoms with E-state index in [2.05, 4.69) is 10.3 Å². The number of hydrogen-bond donors (Lipinski definition) is 1. The second-order valence-corrected chi connectivity index (χ2v) is 4.88. The van der Waals surface area contributed by atoms with Crippen molar-refractivity contribution in [1.29, 1.82) is 0 Å². The van der Waals surface area contributed by atoms with Crippen molar-refractivity contribution in [3.05, 3.63) is 58.6 Å². The Morgan fingerprint density at radius 1 is 1.19 bits per heavy atom. The van der Waals surface area contributed by atoms with E-state index in [1.165, 1.54) is 18.2 Å². The largest absolute Gasteiger partial charge is 0.433 e. The first kappa shape index (κ1) is 15.6. The zero-order chi connectivity index (χ0) is 15.6. The van der Waals surface area contributed by atoms with E-state index in [4.69, 9.17) is 11.6 Å². The number of anilines is 1. The van der Waals surface area contributed by atoms with Crippen LogP contribution in [0.25, 0.3) is 0 Å². The van der Waals surface area contributed by atoms with Crippen LogP contribution in [-0.4, -0.2) is 4.98 Å². The number of nitrogens with zero attached hydrogens (tertiary/aromatic N) is 1. The Bertz CT molecular complexity index is 626. The number of hydrogen-bond acceptors (Lipinski definition) is 2. The molecule has 0 spiro atoms. The summed E-state index contributed by atoms with van der Waals surface area (Å²) in [7, 11) is 0. The molecule has 112 valence electrons. The minimum Gasteiger partial charge on any atom is -0.377 e. The maximum absolute atomic E-state index is 13.4. The quantitative estimate of drug-likeness (QED) is 0.800. The summed E-state index contributed by atoms with van der Waals surface area (Å²) in [6, 6.07) is 6.19. The van der Waals surface area contributed by atoms with Gasteiger partial charge in [-0.15, -0.1) is 0 Å². The molecule has 1 N–H and O–H groups in total. The molecule has 7 heteroatoms. The third-order valence-electron chi connectivity index (χ3n) is 2.88. The highest BCUT2D eigenvalue weighted by atomic mass is 35.5. The average molecular weight is 319 g/mol. The summed E-state index contributed by atoms with van der Waals surface area (Å²) in [6.45, 7) is 1.75. The molecule has 2 rings (SSSR count). The van der Waals surface area contributed by atoms with Crippen molar-refractivity contribution in [2.75, 3.05) is 5.32 Å². The molecule has 1 aromatic carbocycles. The summed E-state index contributed by atoms with van der Waals surface area (Å²) < 4.78 is 50.5. The van der Waals surface area contributed by atoms with Crippen LogP contribution in [-0.2, 0) is 6.18 Å². The lowest BCUT2D eigenvalue weighted by molar-refractivity contribution is -0.141. The van der Waals surface area contributed by atoms with Crippen molar-refractivity contribution >= 4 is 17.3 Å². The molecule has 0 radical (unpaired) electrons. The molecule has 1 heterocycles. The smallest absolute Gasteiger partial charge is 0.377 e. The van der Waals surface area contributed by atoms with Crippen molar-refractivity contribution in [2.45, 2.75) is 19.1 Å². The Labute approximate surface area is 123 Å². The van der Waals surface area contributed by atoms with Gasteiger partial charge in [-0.3, -0.25) is 0 Å². The summed E-state index contributed by atoms with van der Waals surface area (Å²) in [6.07, 6.45) is -3.38. The molecule has 0 saturated heterocycles. The second kappa shape index (κ2) is 5.89.